The zero-order valence-corrected chi connectivity index (χ0v) is 16.8. The SMILES string of the molecule is COc1ccc(-c2nc(C)c(C(C)Nc3ncc(S(N)(=O)=O)s3)s2)cc1. The zero-order chi connectivity index (χ0) is 18.9. The van der Waals surface area contributed by atoms with E-state index in [0.717, 1.165) is 38.2 Å². The highest BCUT2D eigenvalue weighted by Crippen LogP contribution is 2.34. The third-order valence-electron chi connectivity index (χ3n) is 3.67. The molecule has 3 aromatic rings. The zero-order valence-electron chi connectivity index (χ0n) is 14.4. The summed E-state index contributed by atoms with van der Waals surface area (Å²) in [6.45, 7) is 3.94. The molecule has 138 valence electrons. The van der Waals surface area contributed by atoms with E-state index >= 15 is 0 Å². The Morgan fingerprint density at radius 2 is 1.92 bits per heavy atom. The van der Waals surface area contributed by atoms with Crippen LogP contribution < -0.4 is 15.2 Å². The van der Waals surface area contributed by atoms with Gasteiger partial charge in [0.1, 0.15) is 10.8 Å². The van der Waals surface area contributed by atoms with Crippen molar-refractivity contribution in [3.05, 3.63) is 41.0 Å². The van der Waals surface area contributed by atoms with E-state index in [2.05, 4.69) is 15.3 Å². The molecular weight excluding hydrogens is 392 g/mol. The number of nitrogens with zero attached hydrogens (tertiary/aromatic N) is 2. The molecule has 0 bridgehead atoms. The molecule has 0 radical (unpaired) electrons. The number of benzene rings is 1. The molecule has 2 aromatic heterocycles. The molecule has 0 saturated heterocycles. The predicted molar refractivity (Wildman–Crippen MR) is 104 cm³/mol. The molecule has 0 spiro atoms. The maximum atomic E-state index is 11.4. The highest BCUT2D eigenvalue weighted by atomic mass is 32.2. The second-order valence-electron chi connectivity index (χ2n) is 5.59. The fourth-order valence-corrected chi connectivity index (χ4v) is 4.99. The molecule has 26 heavy (non-hydrogen) atoms. The Hall–Kier alpha value is -2.01. The predicted octanol–water partition coefficient (Wildman–Crippen LogP) is 3.40. The van der Waals surface area contributed by atoms with Crippen LogP contribution in [0.5, 0.6) is 5.75 Å². The summed E-state index contributed by atoms with van der Waals surface area (Å²) in [5.74, 6) is 0.798. The minimum absolute atomic E-state index is 0.0344. The van der Waals surface area contributed by atoms with Crippen molar-refractivity contribution in [1.29, 1.82) is 0 Å². The van der Waals surface area contributed by atoms with Crippen molar-refractivity contribution in [3.63, 3.8) is 0 Å². The summed E-state index contributed by atoms with van der Waals surface area (Å²) < 4.78 is 27.9. The van der Waals surface area contributed by atoms with Crippen LogP contribution in [0.4, 0.5) is 5.13 Å². The second kappa shape index (κ2) is 7.31. The molecule has 0 amide bonds. The molecular formula is C16H18N4O3S3. The van der Waals surface area contributed by atoms with E-state index in [-0.39, 0.29) is 10.3 Å². The maximum Gasteiger partial charge on any atom is 0.249 e. The molecule has 2 heterocycles. The van der Waals surface area contributed by atoms with Gasteiger partial charge in [-0.15, -0.1) is 11.3 Å². The van der Waals surface area contributed by atoms with Gasteiger partial charge >= 0.3 is 0 Å². The number of hydrogen-bond acceptors (Lipinski definition) is 8. The smallest absolute Gasteiger partial charge is 0.249 e. The number of aryl methyl sites for hydroxylation is 1. The lowest BCUT2D eigenvalue weighted by Gasteiger charge is -2.11. The van der Waals surface area contributed by atoms with Gasteiger partial charge in [0, 0.05) is 5.56 Å². The molecule has 3 N–H and O–H groups in total. The number of nitrogens with two attached hydrogens (primary N) is 1. The number of rotatable bonds is 6. The van der Waals surface area contributed by atoms with Gasteiger partial charge in [0.05, 0.1) is 29.9 Å². The molecule has 0 saturated carbocycles. The van der Waals surface area contributed by atoms with Crippen molar-refractivity contribution in [2.24, 2.45) is 5.14 Å². The Labute approximate surface area is 159 Å². The molecule has 3 rings (SSSR count). The summed E-state index contributed by atoms with van der Waals surface area (Å²) in [5, 5.41) is 9.75. The Morgan fingerprint density at radius 3 is 2.50 bits per heavy atom. The highest BCUT2D eigenvalue weighted by molar-refractivity contribution is 7.91. The van der Waals surface area contributed by atoms with Crippen molar-refractivity contribution >= 4 is 37.8 Å². The van der Waals surface area contributed by atoms with Gasteiger partial charge in [0.2, 0.25) is 10.0 Å². The van der Waals surface area contributed by atoms with E-state index in [1.807, 2.05) is 38.1 Å². The molecule has 1 unspecified atom stereocenters. The van der Waals surface area contributed by atoms with E-state index in [4.69, 9.17) is 9.88 Å². The average Bonchev–Trinajstić information content (AvgIpc) is 3.21. The van der Waals surface area contributed by atoms with Crippen LogP contribution in [-0.2, 0) is 10.0 Å². The quantitative estimate of drug-likeness (QED) is 0.645. The van der Waals surface area contributed by atoms with E-state index in [0.29, 0.717) is 5.13 Å². The van der Waals surface area contributed by atoms with Crippen molar-refractivity contribution in [2.75, 3.05) is 12.4 Å². The van der Waals surface area contributed by atoms with Crippen LogP contribution in [0.25, 0.3) is 10.6 Å². The molecule has 0 aliphatic rings. The van der Waals surface area contributed by atoms with Gasteiger partial charge in [0.15, 0.2) is 9.34 Å². The first-order valence-electron chi connectivity index (χ1n) is 7.65. The molecule has 7 nitrogen and oxygen atoms in total. The van der Waals surface area contributed by atoms with E-state index < -0.39 is 10.0 Å². The third kappa shape index (κ3) is 4.04. The summed E-state index contributed by atoms with van der Waals surface area (Å²) in [4.78, 5) is 9.79. The van der Waals surface area contributed by atoms with Gasteiger partial charge in [0.25, 0.3) is 0 Å². The minimum atomic E-state index is -3.73. The Bertz CT molecular complexity index is 1010. The number of sulfonamides is 1. The van der Waals surface area contributed by atoms with Crippen LogP contribution in [0.15, 0.2) is 34.7 Å². The van der Waals surface area contributed by atoms with Crippen LogP contribution in [0.2, 0.25) is 0 Å². The standard InChI is InChI=1S/C16H18N4O3S3/c1-9-14(10(2)20-16-18-8-13(24-16)26(17,21)22)25-15(19-9)11-4-6-12(23-3)7-5-11/h4-8,10H,1-3H3,(H,18,20)(H2,17,21,22). The second-order valence-corrected chi connectivity index (χ2v) is 9.44. The molecule has 1 aromatic carbocycles. The maximum absolute atomic E-state index is 11.4. The van der Waals surface area contributed by atoms with Gasteiger partial charge in [-0.05, 0) is 38.1 Å². The van der Waals surface area contributed by atoms with Gasteiger partial charge in [-0.1, -0.05) is 11.3 Å². The lowest BCUT2D eigenvalue weighted by Crippen LogP contribution is -2.10. The Balaban J connectivity index is 1.80. The lowest BCUT2D eigenvalue weighted by molar-refractivity contribution is 0.415. The number of anilines is 1. The summed E-state index contributed by atoms with van der Waals surface area (Å²) >= 11 is 2.60. The van der Waals surface area contributed by atoms with Crippen LogP contribution in [0.3, 0.4) is 0 Å². The summed E-state index contributed by atoms with van der Waals surface area (Å²) in [5.41, 5.74) is 1.94. The molecule has 0 aliphatic carbocycles. The lowest BCUT2D eigenvalue weighted by atomic mass is 10.2. The summed E-state index contributed by atoms with van der Waals surface area (Å²) in [6, 6.07) is 7.67. The van der Waals surface area contributed by atoms with Crippen molar-refractivity contribution in [3.8, 4) is 16.3 Å². The first kappa shape index (κ1) is 18.8. The van der Waals surface area contributed by atoms with Gasteiger partial charge in [-0.3, -0.25) is 0 Å². The molecule has 1 atom stereocenters. The molecule has 0 aliphatic heterocycles. The monoisotopic (exact) mass is 410 g/mol. The van der Waals surface area contributed by atoms with E-state index in [1.165, 1.54) is 6.20 Å². The third-order valence-corrected chi connectivity index (χ3v) is 7.39. The van der Waals surface area contributed by atoms with Gasteiger partial charge in [-0.25, -0.2) is 23.5 Å². The minimum Gasteiger partial charge on any atom is -0.497 e. The van der Waals surface area contributed by atoms with E-state index in [9.17, 15) is 8.42 Å². The number of ether oxygens (including phenoxy) is 1. The Kier molecular flexibility index (Phi) is 5.28. The Morgan fingerprint density at radius 1 is 1.23 bits per heavy atom. The largest absolute Gasteiger partial charge is 0.497 e. The number of aromatic nitrogens is 2. The first-order valence-corrected chi connectivity index (χ1v) is 10.8. The van der Waals surface area contributed by atoms with Crippen LogP contribution in [0, 0.1) is 6.92 Å². The van der Waals surface area contributed by atoms with Crippen LogP contribution in [-0.4, -0.2) is 25.5 Å². The van der Waals surface area contributed by atoms with Crippen LogP contribution >= 0.6 is 22.7 Å². The fraction of sp³-hybridized carbons (Fsp3) is 0.250. The van der Waals surface area contributed by atoms with Crippen molar-refractivity contribution < 1.29 is 13.2 Å². The first-order chi connectivity index (χ1) is 12.3. The number of thiazole rings is 2. The normalized spacial score (nSPS) is 12.8. The topological polar surface area (TPSA) is 107 Å². The van der Waals surface area contributed by atoms with Crippen molar-refractivity contribution in [1.82, 2.24) is 9.97 Å². The van der Waals surface area contributed by atoms with Gasteiger partial charge < -0.3 is 10.1 Å². The summed E-state index contributed by atoms with van der Waals surface area (Å²) in [6.07, 6.45) is 1.26. The fourth-order valence-electron chi connectivity index (χ4n) is 2.38. The molecule has 10 heteroatoms. The van der Waals surface area contributed by atoms with Gasteiger partial charge in [-0.2, -0.15) is 0 Å². The number of primary sulfonamides is 1. The average molecular weight is 411 g/mol. The van der Waals surface area contributed by atoms with Crippen LogP contribution in [0.1, 0.15) is 23.5 Å². The molecule has 0 fully saturated rings. The number of nitrogens with one attached hydrogen (secondary N) is 1. The number of methoxy groups -OCH3 is 1. The highest BCUT2D eigenvalue weighted by Gasteiger charge is 2.18. The van der Waals surface area contributed by atoms with E-state index in [1.54, 1.807) is 18.4 Å². The summed E-state index contributed by atoms with van der Waals surface area (Å²) in [7, 11) is -2.10. The van der Waals surface area contributed by atoms with Crippen molar-refractivity contribution in [2.45, 2.75) is 24.1 Å². The number of hydrogen-bond donors (Lipinski definition) is 2.